The van der Waals surface area contributed by atoms with E-state index in [1.165, 1.54) is 16.3 Å². The maximum Gasteiger partial charge on any atom is 0.242 e. The number of amides is 2. The molecule has 1 N–H and O–H groups in total. The van der Waals surface area contributed by atoms with Gasteiger partial charge in [-0.1, -0.05) is 55.2 Å². The summed E-state index contributed by atoms with van der Waals surface area (Å²) < 4.78 is 31.6. The van der Waals surface area contributed by atoms with Gasteiger partial charge in [0.2, 0.25) is 21.8 Å². The molecule has 2 amide bonds. The lowest BCUT2D eigenvalue weighted by molar-refractivity contribution is -0.140. The van der Waals surface area contributed by atoms with Crippen LogP contribution in [-0.2, 0) is 26.2 Å². The number of rotatable bonds is 13. The van der Waals surface area contributed by atoms with Gasteiger partial charge >= 0.3 is 0 Å². The molecular formula is C26H35Cl2N3O5S. The van der Waals surface area contributed by atoms with E-state index >= 15 is 0 Å². The van der Waals surface area contributed by atoms with Crippen molar-refractivity contribution in [2.75, 3.05) is 30.8 Å². The summed E-state index contributed by atoms with van der Waals surface area (Å²) in [5.41, 5.74) is 0.926. The molecule has 2 rings (SSSR count). The number of benzene rings is 2. The van der Waals surface area contributed by atoms with E-state index in [-0.39, 0.29) is 43.7 Å². The first-order valence-electron chi connectivity index (χ1n) is 12.0. The summed E-state index contributed by atoms with van der Waals surface area (Å²) in [5, 5.41) is 3.64. The predicted molar refractivity (Wildman–Crippen MR) is 149 cm³/mol. The lowest BCUT2D eigenvalue weighted by Crippen LogP contribution is -2.48. The van der Waals surface area contributed by atoms with Gasteiger partial charge in [-0.3, -0.25) is 13.9 Å². The Kier molecular flexibility index (Phi) is 11.5. The molecular weight excluding hydrogens is 537 g/mol. The van der Waals surface area contributed by atoms with Crippen molar-refractivity contribution < 1.29 is 22.7 Å². The molecule has 0 bridgehead atoms. The quantitative estimate of drug-likeness (QED) is 0.374. The van der Waals surface area contributed by atoms with E-state index in [1.807, 2.05) is 13.8 Å². The van der Waals surface area contributed by atoms with Gasteiger partial charge in [-0.2, -0.15) is 0 Å². The molecule has 0 spiro atoms. The van der Waals surface area contributed by atoms with E-state index in [0.29, 0.717) is 33.6 Å². The number of ether oxygens (including phenoxy) is 1. The van der Waals surface area contributed by atoms with Crippen LogP contribution in [0.25, 0.3) is 0 Å². The summed E-state index contributed by atoms with van der Waals surface area (Å²) >= 11 is 12.7. The summed E-state index contributed by atoms with van der Waals surface area (Å²) in [6, 6.07) is 11.0. The smallest absolute Gasteiger partial charge is 0.242 e. The first-order valence-corrected chi connectivity index (χ1v) is 14.6. The van der Waals surface area contributed by atoms with Crippen molar-refractivity contribution in [1.82, 2.24) is 10.2 Å². The summed E-state index contributed by atoms with van der Waals surface area (Å²) in [6.45, 7) is 6.17. The average Bonchev–Trinajstić information content (AvgIpc) is 2.83. The second-order valence-electron chi connectivity index (χ2n) is 9.15. The van der Waals surface area contributed by atoms with Crippen LogP contribution >= 0.6 is 23.2 Å². The van der Waals surface area contributed by atoms with E-state index in [2.05, 4.69) is 5.32 Å². The van der Waals surface area contributed by atoms with E-state index in [4.69, 9.17) is 27.9 Å². The minimum atomic E-state index is -3.64. The zero-order valence-corrected chi connectivity index (χ0v) is 24.2. The molecule has 0 aliphatic rings. The van der Waals surface area contributed by atoms with Gasteiger partial charge in [0.25, 0.3) is 0 Å². The highest BCUT2D eigenvalue weighted by Gasteiger charge is 2.28. The number of carbonyl (C=O) groups excluding carboxylic acids is 2. The van der Waals surface area contributed by atoms with Gasteiger partial charge in [0.15, 0.2) is 0 Å². The molecule has 2 aromatic rings. The zero-order valence-electron chi connectivity index (χ0n) is 21.8. The predicted octanol–water partition coefficient (Wildman–Crippen LogP) is 4.74. The molecule has 204 valence electrons. The molecule has 0 heterocycles. The van der Waals surface area contributed by atoms with E-state index < -0.39 is 16.1 Å². The van der Waals surface area contributed by atoms with Gasteiger partial charge in [-0.05, 0) is 43.5 Å². The van der Waals surface area contributed by atoms with Gasteiger partial charge in [-0.15, -0.1) is 0 Å². The van der Waals surface area contributed by atoms with E-state index in [9.17, 15) is 18.0 Å². The Morgan fingerprint density at radius 3 is 2.22 bits per heavy atom. The van der Waals surface area contributed by atoms with Gasteiger partial charge in [0.05, 0.1) is 19.1 Å². The van der Waals surface area contributed by atoms with Crippen molar-refractivity contribution >= 4 is 50.7 Å². The molecule has 0 aliphatic heterocycles. The first-order chi connectivity index (χ1) is 17.4. The largest absolute Gasteiger partial charge is 0.495 e. The van der Waals surface area contributed by atoms with Crippen LogP contribution < -0.4 is 14.4 Å². The van der Waals surface area contributed by atoms with Crippen molar-refractivity contribution in [3.8, 4) is 5.75 Å². The fourth-order valence-electron chi connectivity index (χ4n) is 3.71. The third kappa shape index (κ3) is 8.79. The molecule has 0 unspecified atom stereocenters. The van der Waals surface area contributed by atoms with Gasteiger partial charge < -0.3 is 15.0 Å². The monoisotopic (exact) mass is 571 g/mol. The van der Waals surface area contributed by atoms with Crippen molar-refractivity contribution in [3.63, 3.8) is 0 Å². The second-order valence-corrected chi connectivity index (χ2v) is 11.9. The lowest BCUT2D eigenvalue weighted by Gasteiger charge is -2.30. The number of nitrogens with one attached hydrogen (secondary N) is 1. The van der Waals surface area contributed by atoms with Crippen molar-refractivity contribution in [1.29, 1.82) is 0 Å². The van der Waals surface area contributed by atoms with E-state index in [0.717, 1.165) is 6.26 Å². The fraction of sp³-hybridized carbons (Fsp3) is 0.462. The first kappa shape index (κ1) is 30.7. The highest BCUT2D eigenvalue weighted by Crippen LogP contribution is 2.30. The van der Waals surface area contributed by atoms with Crippen LogP contribution in [0, 0.1) is 5.92 Å². The molecule has 8 nitrogen and oxygen atoms in total. The summed E-state index contributed by atoms with van der Waals surface area (Å²) in [6.07, 6.45) is 1.33. The minimum Gasteiger partial charge on any atom is -0.495 e. The molecule has 0 saturated carbocycles. The number of carbonyl (C=O) groups is 2. The number of anilines is 1. The highest BCUT2D eigenvalue weighted by atomic mass is 35.5. The van der Waals surface area contributed by atoms with Crippen LogP contribution in [-0.4, -0.2) is 57.6 Å². The number of sulfonamides is 1. The Morgan fingerprint density at radius 2 is 1.65 bits per heavy atom. The Labute approximate surface area is 229 Å². The normalized spacial score (nSPS) is 12.2. The topological polar surface area (TPSA) is 96.0 Å². The van der Waals surface area contributed by atoms with Crippen molar-refractivity contribution in [2.45, 2.75) is 46.2 Å². The third-order valence-electron chi connectivity index (χ3n) is 5.75. The number of para-hydroxylation sites is 2. The molecule has 0 aliphatic carbocycles. The number of hydrogen-bond donors (Lipinski definition) is 1. The Balaban J connectivity index is 2.24. The second kappa shape index (κ2) is 13.9. The fourth-order valence-corrected chi connectivity index (χ4v) is 5.19. The molecule has 11 heteroatoms. The number of halogens is 2. The van der Waals surface area contributed by atoms with Crippen LogP contribution in [0.1, 0.15) is 39.2 Å². The van der Waals surface area contributed by atoms with Gasteiger partial charge in [0, 0.05) is 41.7 Å². The summed E-state index contributed by atoms with van der Waals surface area (Å²) in [5.74, 6) is 0.0358. The average molecular weight is 573 g/mol. The maximum absolute atomic E-state index is 13.4. The Morgan fingerprint density at radius 1 is 1.03 bits per heavy atom. The van der Waals surface area contributed by atoms with Crippen LogP contribution in [0.2, 0.25) is 10.0 Å². The Bertz CT molecular complexity index is 1170. The van der Waals surface area contributed by atoms with Gasteiger partial charge in [-0.25, -0.2) is 8.42 Å². The van der Waals surface area contributed by atoms with Crippen LogP contribution in [0.3, 0.4) is 0 Å². The van der Waals surface area contributed by atoms with Crippen LogP contribution in [0.15, 0.2) is 42.5 Å². The third-order valence-corrected chi connectivity index (χ3v) is 7.64. The van der Waals surface area contributed by atoms with Crippen LogP contribution in [0.5, 0.6) is 5.75 Å². The molecule has 0 aromatic heterocycles. The number of hydrogen-bond acceptors (Lipinski definition) is 5. The zero-order chi connectivity index (χ0) is 27.8. The van der Waals surface area contributed by atoms with Crippen LogP contribution in [0.4, 0.5) is 5.69 Å². The standard InChI is InChI=1S/C26H35Cl2N3O5S/c1-18(2)16-29-26(33)19(3)30(17-20-21(27)10-8-11-22(20)28)25(32)14-9-15-31(37(5,34)35)23-12-6-7-13-24(23)36-4/h6-8,10-13,18-19H,9,14-17H2,1-5H3,(H,29,33)/t19-/m1/s1. The van der Waals surface area contributed by atoms with Crippen molar-refractivity contribution in [2.24, 2.45) is 5.92 Å². The maximum atomic E-state index is 13.4. The molecule has 1 atom stereocenters. The van der Waals surface area contributed by atoms with E-state index in [1.54, 1.807) is 49.4 Å². The summed E-state index contributed by atoms with van der Waals surface area (Å²) in [4.78, 5) is 27.7. The molecule has 2 aromatic carbocycles. The summed E-state index contributed by atoms with van der Waals surface area (Å²) in [7, 11) is -2.18. The Hall–Kier alpha value is -2.49. The molecule has 0 saturated heterocycles. The van der Waals surface area contributed by atoms with Gasteiger partial charge in [0.1, 0.15) is 11.8 Å². The van der Waals surface area contributed by atoms with Crippen molar-refractivity contribution in [3.05, 3.63) is 58.1 Å². The number of nitrogens with zero attached hydrogens (tertiary/aromatic N) is 2. The lowest BCUT2D eigenvalue weighted by atomic mass is 10.1. The highest BCUT2D eigenvalue weighted by molar-refractivity contribution is 7.92. The molecule has 37 heavy (non-hydrogen) atoms. The molecule has 0 radical (unpaired) electrons. The minimum absolute atomic E-state index is 0.00500. The SMILES string of the molecule is COc1ccccc1N(CCCC(=O)N(Cc1c(Cl)cccc1Cl)[C@H](C)C(=O)NCC(C)C)S(C)(=O)=O. The number of methoxy groups -OCH3 is 1. The molecule has 0 fully saturated rings.